The van der Waals surface area contributed by atoms with E-state index in [-0.39, 0.29) is 5.91 Å². The van der Waals surface area contributed by atoms with Crippen molar-refractivity contribution in [3.63, 3.8) is 0 Å². The smallest absolute Gasteiger partial charge is 0.255 e. The van der Waals surface area contributed by atoms with Crippen molar-refractivity contribution >= 4 is 22.4 Å². The average Bonchev–Trinajstić information content (AvgIpc) is 2.69. The number of hydrogen-bond donors (Lipinski definition) is 1. The second-order valence-electron chi connectivity index (χ2n) is 6.94. The van der Waals surface area contributed by atoms with Crippen LogP contribution in [0.1, 0.15) is 53.9 Å². The molecule has 126 valence electrons. The first-order valence-electron chi connectivity index (χ1n) is 9.20. The summed E-state index contributed by atoms with van der Waals surface area (Å²) in [5.41, 5.74) is 2.95. The van der Waals surface area contributed by atoms with E-state index >= 15 is 0 Å². The monoisotopic (exact) mass is 329 g/mol. The Labute approximate surface area is 148 Å². The van der Waals surface area contributed by atoms with Crippen LogP contribution in [0, 0.1) is 0 Å². The zero-order chi connectivity index (χ0) is 17.1. The molecule has 2 nitrogen and oxygen atoms in total. The number of fused-ring (bicyclic) bond motifs is 1. The van der Waals surface area contributed by atoms with Crippen LogP contribution in [0.4, 0.5) is 5.69 Å². The molecule has 3 aromatic carbocycles. The van der Waals surface area contributed by atoms with Gasteiger partial charge in [0.2, 0.25) is 0 Å². The van der Waals surface area contributed by atoms with Gasteiger partial charge in [-0.15, -0.1) is 0 Å². The summed E-state index contributed by atoms with van der Waals surface area (Å²) in [4.78, 5) is 12.6. The fraction of sp³-hybridized carbons (Fsp3) is 0.261. The third-order valence-electron chi connectivity index (χ3n) is 5.29. The quantitative estimate of drug-likeness (QED) is 0.614. The molecular formula is C23H23NO. The van der Waals surface area contributed by atoms with Crippen molar-refractivity contribution in [1.82, 2.24) is 0 Å². The number of rotatable bonds is 3. The molecule has 0 radical (unpaired) electrons. The first-order chi connectivity index (χ1) is 12.3. The molecule has 0 atom stereocenters. The molecule has 1 saturated carbocycles. The summed E-state index contributed by atoms with van der Waals surface area (Å²) in [6.45, 7) is 0. The number of carbonyl (C=O) groups excluding carboxylic acids is 1. The molecule has 3 aromatic rings. The number of benzene rings is 3. The molecule has 1 N–H and O–H groups in total. The van der Waals surface area contributed by atoms with Crippen LogP contribution < -0.4 is 5.32 Å². The minimum atomic E-state index is -0.0495. The van der Waals surface area contributed by atoms with Crippen molar-refractivity contribution in [2.24, 2.45) is 0 Å². The lowest BCUT2D eigenvalue weighted by Gasteiger charge is -2.22. The lowest BCUT2D eigenvalue weighted by Crippen LogP contribution is -2.12. The maximum atomic E-state index is 12.6. The zero-order valence-corrected chi connectivity index (χ0v) is 14.4. The van der Waals surface area contributed by atoms with Crippen molar-refractivity contribution in [3.05, 3.63) is 77.9 Å². The third-order valence-corrected chi connectivity index (χ3v) is 5.29. The topological polar surface area (TPSA) is 29.1 Å². The zero-order valence-electron chi connectivity index (χ0n) is 14.4. The van der Waals surface area contributed by atoms with Gasteiger partial charge in [0.15, 0.2) is 0 Å². The fourth-order valence-electron chi connectivity index (χ4n) is 3.87. The summed E-state index contributed by atoms with van der Waals surface area (Å²) in [6.07, 6.45) is 6.58. The normalized spacial score (nSPS) is 15.2. The van der Waals surface area contributed by atoms with Gasteiger partial charge in [-0.25, -0.2) is 0 Å². The molecule has 1 fully saturated rings. The molecule has 2 heteroatoms. The Morgan fingerprint density at radius 1 is 0.800 bits per heavy atom. The van der Waals surface area contributed by atoms with E-state index < -0.39 is 0 Å². The van der Waals surface area contributed by atoms with Crippen molar-refractivity contribution in [2.45, 2.75) is 38.0 Å². The van der Waals surface area contributed by atoms with Crippen LogP contribution in [0.15, 0.2) is 66.7 Å². The average molecular weight is 329 g/mol. The predicted molar refractivity (Wildman–Crippen MR) is 104 cm³/mol. The molecule has 0 heterocycles. The Balaban J connectivity index is 1.52. The first-order valence-corrected chi connectivity index (χ1v) is 9.20. The van der Waals surface area contributed by atoms with Crippen LogP contribution in [0.5, 0.6) is 0 Å². The molecule has 25 heavy (non-hydrogen) atoms. The van der Waals surface area contributed by atoms with E-state index in [1.165, 1.54) is 37.7 Å². The summed E-state index contributed by atoms with van der Waals surface area (Å²) in [6, 6.07) is 22.3. The second-order valence-corrected chi connectivity index (χ2v) is 6.94. The van der Waals surface area contributed by atoms with Crippen LogP contribution in [-0.4, -0.2) is 5.91 Å². The molecule has 1 amide bonds. The van der Waals surface area contributed by atoms with Gasteiger partial charge in [0, 0.05) is 16.6 Å². The van der Waals surface area contributed by atoms with Gasteiger partial charge in [-0.3, -0.25) is 4.79 Å². The Hall–Kier alpha value is -2.61. The van der Waals surface area contributed by atoms with Crippen LogP contribution in [0.3, 0.4) is 0 Å². The largest absolute Gasteiger partial charge is 0.321 e. The molecule has 1 aliphatic carbocycles. The minimum absolute atomic E-state index is 0.0495. The minimum Gasteiger partial charge on any atom is -0.321 e. The molecule has 1 aliphatic rings. The van der Waals surface area contributed by atoms with Crippen molar-refractivity contribution in [3.8, 4) is 0 Å². The van der Waals surface area contributed by atoms with Gasteiger partial charge >= 0.3 is 0 Å². The Morgan fingerprint density at radius 3 is 2.32 bits per heavy atom. The van der Waals surface area contributed by atoms with Gasteiger partial charge in [-0.05, 0) is 47.9 Å². The fourth-order valence-corrected chi connectivity index (χ4v) is 3.87. The van der Waals surface area contributed by atoms with Gasteiger partial charge in [0.1, 0.15) is 0 Å². The number of amides is 1. The van der Waals surface area contributed by atoms with E-state index in [0.717, 1.165) is 16.5 Å². The van der Waals surface area contributed by atoms with E-state index in [9.17, 15) is 4.79 Å². The van der Waals surface area contributed by atoms with Gasteiger partial charge in [-0.2, -0.15) is 0 Å². The van der Waals surface area contributed by atoms with E-state index in [0.29, 0.717) is 11.5 Å². The van der Waals surface area contributed by atoms with E-state index in [2.05, 4.69) is 29.6 Å². The number of nitrogens with one attached hydrogen (secondary N) is 1. The summed E-state index contributed by atoms with van der Waals surface area (Å²) < 4.78 is 0. The maximum absolute atomic E-state index is 12.6. The number of hydrogen-bond acceptors (Lipinski definition) is 1. The highest BCUT2D eigenvalue weighted by Crippen LogP contribution is 2.32. The molecule has 4 rings (SSSR count). The third kappa shape index (κ3) is 3.43. The lowest BCUT2D eigenvalue weighted by molar-refractivity contribution is 0.102. The molecule has 0 saturated heterocycles. The Bertz CT molecular complexity index is 871. The van der Waals surface area contributed by atoms with E-state index in [4.69, 9.17) is 0 Å². The summed E-state index contributed by atoms with van der Waals surface area (Å²) in [7, 11) is 0. The Kier molecular flexibility index (Phi) is 4.51. The van der Waals surface area contributed by atoms with E-state index in [1.54, 1.807) is 0 Å². The highest BCUT2D eigenvalue weighted by atomic mass is 16.1. The number of anilines is 1. The van der Waals surface area contributed by atoms with Crippen LogP contribution in [-0.2, 0) is 0 Å². The second kappa shape index (κ2) is 7.10. The highest BCUT2D eigenvalue weighted by Gasteiger charge is 2.16. The lowest BCUT2D eigenvalue weighted by atomic mass is 9.84. The molecule has 0 spiro atoms. The SMILES string of the molecule is O=C(Nc1cccc2ccccc12)c1ccc(C2CCCCC2)cc1. The molecule has 0 bridgehead atoms. The molecule has 0 aliphatic heterocycles. The Morgan fingerprint density at radius 2 is 1.52 bits per heavy atom. The van der Waals surface area contributed by atoms with Crippen molar-refractivity contribution < 1.29 is 4.79 Å². The summed E-state index contributed by atoms with van der Waals surface area (Å²) in [5.74, 6) is 0.621. The van der Waals surface area contributed by atoms with Gasteiger partial charge in [-0.1, -0.05) is 67.8 Å². The maximum Gasteiger partial charge on any atom is 0.255 e. The van der Waals surface area contributed by atoms with Crippen LogP contribution >= 0.6 is 0 Å². The standard InChI is InChI=1S/C23H23NO/c25-23(24-22-12-6-10-19-9-4-5-11-21(19)22)20-15-13-18(14-16-20)17-7-2-1-3-8-17/h4-6,9-17H,1-3,7-8H2,(H,24,25). The number of carbonyl (C=O) groups is 1. The van der Waals surface area contributed by atoms with Crippen LogP contribution in [0.25, 0.3) is 10.8 Å². The van der Waals surface area contributed by atoms with Crippen molar-refractivity contribution in [1.29, 1.82) is 0 Å². The van der Waals surface area contributed by atoms with Gasteiger partial charge < -0.3 is 5.32 Å². The molecule has 0 unspecified atom stereocenters. The molecular weight excluding hydrogens is 306 g/mol. The highest BCUT2D eigenvalue weighted by molar-refractivity contribution is 6.09. The van der Waals surface area contributed by atoms with Crippen molar-refractivity contribution in [2.75, 3.05) is 5.32 Å². The first kappa shape index (κ1) is 15.9. The molecule has 0 aromatic heterocycles. The predicted octanol–water partition coefficient (Wildman–Crippen LogP) is 6.14. The van der Waals surface area contributed by atoms with Crippen LogP contribution in [0.2, 0.25) is 0 Å². The van der Waals surface area contributed by atoms with Gasteiger partial charge in [0.25, 0.3) is 5.91 Å². The van der Waals surface area contributed by atoms with E-state index in [1.807, 2.05) is 42.5 Å². The summed E-state index contributed by atoms with van der Waals surface area (Å²) in [5, 5.41) is 5.26. The van der Waals surface area contributed by atoms with Gasteiger partial charge in [0.05, 0.1) is 0 Å². The summed E-state index contributed by atoms with van der Waals surface area (Å²) >= 11 is 0.